The van der Waals surface area contributed by atoms with E-state index in [1.807, 2.05) is 0 Å². The molecule has 3 aromatic rings. The van der Waals surface area contributed by atoms with Crippen LogP contribution in [0.1, 0.15) is 31.8 Å². The Bertz CT molecular complexity index is 1100. The van der Waals surface area contributed by atoms with Gasteiger partial charge in [-0.1, -0.05) is 29.3 Å². The summed E-state index contributed by atoms with van der Waals surface area (Å²) < 4.78 is 13.9. The van der Waals surface area contributed by atoms with Crippen LogP contribution in [0.3, 0.4) is 0 Å². The molecule has 0 unspecified atom stereocenters. The van der Waals surface area contributed by atoms with Crippen LogP contribution in [0.25, 0.3) is 0 Å². The number of carbonyl (C=O) groups is 2. The van der Waals surface area contributed by atoms with Crippen LogP contribution in [0.15, 0.2) is 54.6 Å². The SMILES string of the molecule is Cc1ccc(C([NH])=O)cc1C(=O)c1ccc(Nc2ccc(Cl)cc2F)cc1Cl. The van der Waals surface area contributed by atoms with Crippen molar-refractivity contribution in [1.82, 2.24) is 5.73 Å². The Morgan fingerprint density at radius 2 is 1.71 bits per heavy atom. The van der Waals surface area contributed by atoms with E-state index in [4.69, 9.17) is 28.9 Å². The van der Waals surface area contributed by atoms with Crippen LogP contribution in [0.4, 0.5) is 15.8 Å². The molecule has 7 heteroatoms. The van der Waals surface area contributed by atoms with E-state index in [-0.39, 0.29) is 32.6 Å². The molecule has 0 heterocycles. The standard InChI is InChI=1S/C21H14Cl2FN2O2/c1-11-2-3-12(21(25)28)8-16(11)20(27)15-6-5-14(10-17(15)23)26-19-7-4-13(22)9-18(19)24/h2-10,25-26H,1H3. The summed E-state index contributed by atoms with van der Waals surface area (Å²) >= 11 is 12.0. The number of aryl methyl sites for hydroxylation is 1. The summed E-state index contributed by atoms with van der Waals surface area (Å²) in [5.41, 5.74) is 9.25. The van der Waals surface area contributed by atoms with E-state index >= 15 is 0 Å². The average molecular weight is 416 g/mol. The summed E-state index contributed by atoms with van der Waals surface area (Å²) in [6.45, 7) is 1.73. The minimum atomic E-state index is -0.871. The highest BCUT2D eigenvalue weighted by atomic mass is 35.5. The lowest BCUT2D eigenvalue weighted by Gasteiger charge is -2.11. The van der Waals surface area contributed by atoms with Crippen LogP contribution in [0.2, 0.25) is 10.0 Å². The Morgan fingerprint density at radius 3 is 2.36 bits per heavy atom. The van der Waals surface area contributed by atoms with Crippen LogP contribution in [-0.4, -0.2) is 11.7 Å². The second-order valence-electron chi connectivity index (χ2n) is 6.13. The lowest BCUT2D eigenvalue weighted by Crippen LogP contribution is -2.08. The third kappa shape index (κ3) is 4.16. The molecular weight excluding hydrogens is 402 g/mol. The van der Waals surface area contributed by atoms with E-state index in [0.717, 1.165) is 0 Å². The summed E-state index contributed by atoms with van der Waals surface area (Å²) in [5, 5.41) is 3.34. The topological polar surface area (TPSA) is 70.0 Å². The lowest BCUT2D eigenvalue weighted by atomic mass is 9.96. The summed E-state index contributed by atoms with van der Waals surface area (Å²) in [4.78, 5) is 24.2. The molecule has 3 aromatic carbocycles. The van der Waals surface area contributed by atoms with E-state index in [9.17, 15) is 14.0 Å². The van der Waals surface area contributed by atoms with Crippen LogP contribution >= 0.6 is 23.2 Å². The Kier molecular flexibility index (Phi) is 5.68. The predicted molar refractivity (Wildman–Crippen MR) is 108 cm³/mol. The Hall–Kier alpha value is -2.89. The Balaban J connectivity index is 1.91. The highest BCUT2D eigenvalue weighted by molar-refractivity contribution is 6.35. The molecule has 0 aromatic heterocycles. The molecule has 0 aliphatic heterocycles. The highest BCUT2D eigenvalue weighted by Gasteiger charge is 2.17. The van der Waals surface area contributed by atoms with Gasteiger partial charge in [0.2, 0.25) is 0 Å². The van der Waals surface area contributed by atoms with E-state index < -0.39 is 11.7 Å². The number of ketones is 1. The average Bonchev–Trinajstić information content (AvgIpc) is 2.64. The van der Waals surface area contributed by atoms with Gasteiger partial charge in [0, 0.05) is 27.4 Å². The minimum absolute atomic E-state index is 0.126. The summed E-state index contributed by atoms with van der Waals surface area (Å²) in [6, 6.07) is 13.4. The first kappa shape index (κ1) is 19.9. The first-order valence-corrected chi connectivity index (χ1v) is 8.95. The van der Waals surface area contributed by atoms with E-state index in [1.165, 1.54) is 36.4 Å². The zero-order chi connectivity index (χ0) is 20.4. The monoisotopic (exact) mass is 415 g/mol. The van der Waals surface area contributed by atoms with Crippen LogP contribution in [-0.2, 0) is 0 Å². The van der Waals surface area contributed by atoms with Gasteiger partial charge in [0.05, 0.1) is 10.7 Å². The molecule has 0 aliphatic carbocycles. The molecule has 0 saturated carbocycles. The van der Waals surface area contributed by atoms with Gasteiger partial charge in [0.15, 0.2) is 5.78 Å². The van der Waals surface area contributed by atoms with Gasteiger partial charge in [0.1, 0.15) is 5.82 Å². The number of nitrogens with one attached hydrogen (secondary N) is 2. The van der Waals surface area contributed by atoms with Gasteiger partial charge in [0.25, 0.3) is 5.91 Å². The highest BCUT2D eigenvalue weighted by Crippen LogP contribution is 2.28. The third-order valence-electron chi connectivity index (χ3n) is 4.17. The molecule has 0 spiro atoms. The second-order valence-corrected chi connectivity index (χ2v) is 6.98. The number of benzene rings is 3. The van der Waals surface area contributed by atoms with Gasteiger partial charge in [-0.3, -0.25) is 15.3 Å². The van der Waals surface area contributed by atoms with Gasteiger partial charge < -0.3 is 5.32 Å². The van der Waals surface area contributed by atoms with Crippen molar-refractivity contribution in [1.29, 1.82) is 0 Å². The molecule has 0 saturated heterocycles. The molecule has 0 atom stereocenters. The molecule has 3 rings (SSSR count). The molecule has 1 radical (unpaired) electrons. The Labute approximate surface area is 171 Å². The van der Waals surface area contributed by atoms with Crippen molar-refractivity contribution < 1.29 is 14.0 Å². The Morgan fingerprint density at radius 1 is 0.964 bits per heavy atom. The zero-order valence-corrected chi connectivity index (χ0v) is 16.2. The van der Waals surface area contributed by atoms with Crippen molar-refractivity contribution >= 4 is 46.3 Å². The van der Waals surface area contributed by atoms with Crippen molar-refractivity contribution in [3.8, 4) is 0 Å². The molecule has 0 fully saturated rings. The van der Waals surface area contributed by atoms with Crippen molar-refractivity contribution in [2.75, 3.05) is 5.32 Å². The fraction of sp³-hybridized carbons (Fsp3) is 0.0476. The van der Waals surface area contributed by atoms with E-state index in [2.05, 4.69) is 5.32 Å². The van der Waals surface area contributed by atoms with Crippen LogP contribution < -0.4 is 11.1 Å². The molecular formula is C21H14Cl2FN2O2. The molecule has 141 valence electrons. The summed E-state index contributed by atoms with van der Waals surface area (Å²) in [7, 11) is 0. The molecule has 4 nitrogen and oxygen atoms in total. The van der Waals surface area contributed by atoms with E-state index in [1.54, 1.807) is 25.1 Å². The lowest BCUT2D eigenvalue weighted by molar-refractivity contribution is 0.0992. The number of halogens is 3. The predicted octanol–water partition coefficient (Wildman–Crippen LogP) is 5.84. The van der Waals surface area contributed by atoms with E-state index in [0.29, 0.717) is 16.8 Å². The van der Waals surface area contributed by atoms with Crippen molar-refractivity contribution in [2.24, 2.45) is 0 Å². The number of hydrogen-bond acceptors (Lipinski definition) is 3. The van der Waals surface area contributed by atoms with Gasteiger partial charge in [-0.2, -0.15) is 0 Å². The molecule has 2 N–H and O–H groups in total. The van der Waals surface area contributed by atoms with Gasteiger partial charge >= 0.3 is 0 Å². The fourth-order valence-electron chi connectivity index (χ4n) is 2.68. The van der Waals surface area contributed by atoms with Gasteiger partial charge in [-0.05, 0) is 61.0 Å². The zero-order valence-electron chi connectivity index (χ0n) is 14.6. The molecule has 28 heavy (non-hydrogen) atoms. The van der Waals surface area contributed by atoms with Crippen molar-refractivity contribution in [3.63, 3.8) is 0 Å². The molecule has 0 aliphatic rings. The third-order valence-corrected chi connectivity index (χ3v) is 4.72. The first-order chi connectivity index (χ1) is 13.3. The molecule has 1 amide bonds. The summed E-state index contributed by atoms with van der Waals surface area (Å²) in [6.07, 6.45) is 0. The smallest absolute Gasteiger partial charge is 0.269 e. The number of hydrogen-bond donors (Lipinski definition) is 1. The maximum atomic E-state index is 13.9. The van der Waals surface area contributed by atoms with Crippen molar-refractivity contribution in [2.45, 2.75) is 6.92 Å². The van der Waals surface area contributed by atoms with Crippen LogP contribution in [0.5, 0.6) is 0 Å². The number of rotatable bonds is 5. The second kappa shape index (κ2) is 8.00. The largest absolute Gasteiger partial charge is 0.353 e. The fourth-order valence-corrected chi connectivity index (χ4v) is 3.10. The normalized spacial score (nSPS) is 10.6. The van der Waals surface area contributed by atoms with Crippen molar-refractivity contribution in [3.05, 3.63) is 92.7 Å². The molecule has 0 bridgehead atoms. The van der Waals surface area contributed by atoms with Gasteiger partial charge in [-0.25, -0.2) is 4.39 Å². The maximum Gasteiger partial charge on any atom is 0.269 e. The number of anilines is 2. The summed E-state index contributed by atoms with van der Waals surface area (Å²) in [5.74, 6) is -1.75. The number of amides is 1. The first-order valence-electron chi connectivity index (χ1n) is 8.19. The van der Waals surface area contributed by atoms with Crippen LogP contribution in [0, 0.1) is 12.7 Å². The minimum Gasteiger partial charge on any atom is -0.353 e. The van der Waals surface area contributed by atoms with Gasteiger partial charge in [-0.15, -0.1) is 0 Å². The number of carbonyl (C=O) groups excluding carboxylic acids is 2. The quantitative estimate of drug-likeness (QED) is 0.532. The maximum absolute atomic E-state index is 13.9.